The lowest BCUT2D eigenvalue weighted by Crippen LogP contribution is -2.36. The lowest BCUT2D eigenvalue weighted by Gasteiger charge is -2.13. The van der Waals surface area contributed by atoms with E-state index in [4.69, 9.17) is 4.99 Å². The van der Waals surface area contributed by atoms with Crippen molar-refractivity contribution < 1.29 is 0 Å². The van der Waals surface area contributed by atoms with E-state index in [-0.39, 0.29) is 24.0 Å². The molecular weight excluding hydrogens is 489 g/mol. The summed E-state index contributed by atoms with van der Waals surface area (Å²) in [4.78, 5) is 13.4. The van der Waals surface area contributed by atoms with Gasteiger partial charge in [0, 0.05) is 30.2 Å². The number of hydrogen-bond acceptors (Lipinski definition) is 4. The lowest BCUT2D eigenvalue weighted by atomic mass is 10.1. The monoisotopic (exact) mass is 513 g/mol. The van der Waals surface area contributed by atoms with Crippen LogP contribution in [0.4, 0.5) is 0 Å². The van der Waals surface area contributed by atoms with Crippen LogP contribution in [0.1, 0.15) is 18.1 Å². The Labute approximate surface area is 192 Å². The minimum absolute atomic E-state index is 0. The van der Waals surface area contributed by atoms with E-state index < -0.39 is 0 Å². The molecule has 4 rings (SSSR count). The lowest BCUT2D eigenvalue weighted by molar-refractivity contribution is 0.819. The van der Waals surface area contributed by atoms with Crippen LogP contribution in [-0.4, -0.2) is 32.7 Å². The molecule has 7 nitrogen and oxygen atoms in total. The number of nitrogens with zero attached hydrogens (tertiary/aromatic N) is 4. The Morgan fingerprint density at radius 1 is 1.03 bits per heavy atom. The fraction of sp³-hybridized carbons (Fsp3) is 0.182. The molecular formula is C22H24IN7. The number of para-hydroxylation sites is 1. The highest BCUT2D eigenvalue weighted by molar-refractivity contribution is 14.0. The van der Waals surface area contributed by atoms with Crippen LogP contribution in [0, 0.1) is 0 Å². The molecule has 0 fully saturated rings. The number of H-pyrrole nitrogens is 1. The smallest absolute Gasteiger partial charge is 0.191 e. The molecule has 0 saturated heterocycles. The van der Waals surface area contributed by atoms with Crippen LogP contribution in [-0.2, 0) is 13.1 Å². The highest BCUT2D eigenvalue weighted by Gasteiger charge is 2.05. The number of halogens is 1. The SMILES string of the molecule is CCNC(=NCc1cccc(-c2ncn[nH]2)c1)NCc1ccnc2ccccc12.I. The molecule has 2 heterocycles. The molecule has 0 aliphatic carbocycles. The first kappa shape index (κ1) is 21.7. The molecule has 30 heavy (non-hydrogen) atoms. The van der Waals surface area contributed by atoms with Gasteiger partial charge in [-0.05, 0) is 36.2 Å². The number of aromatic nitrogens is 4. The third-order valence-electron chi connectivity index (χ3n) is 4.57. The molecule has 0 spiro atoms. The third kappa shape index (κ3) is 5.32. The molecule has 8 heteroatoms. The first-order valence-electron chi connectivity index (χ1n) is 9.63. The van der Waals surface area contributed by atoms with Crippen molar-refractivity contribution in [3.8, 4) is 11.4 Å². The van der Waals surface area contributed by atoms with Gasteiger partial charge in [-0.2, -0.15) is 5.10 Å². The Hall–Kier alpha value is -3.01. The second-order valence-corrected chi connectivity index (χ2v) is 6.57. The summed E-state index contributed by atoms with van der Waals surface area (Å²) in [6.45, 7) is 4.09. The van der Waals surface area contributed by atoms with Gasteiger partial charge in [0.25, 0.3) is 0 Å². The average Bonchev–Trinajstić information content (AvgIpc) is 3.31. The summed E-state index contributed by atoms with van der Waals surface area (Å²) in [5.74, 6) is 1.53. The molecule has 0 unspecified atom stereocenters. The maximum absolute atomic E-state index is 4.73. The van der Waals surface area contributed by atoms with Crippen molar-refractivity contribution in [2.75, 3.05) is 6.54 Å². The van der Waals surface area contributed by atoms with Gasteiger partial charge in [0.15, 0.2) is 11.8 Å². The molecule has 154 valence electrons. The Kier molecular flexibility index (Phi) is 7.72. The Morgan fingerprint density at radius 3 is 2.77 bits per heavy atom. The number of hydrogen-bond donors (Lipinski definition) is 3. The topological polar surface area (TPSA) is 90.9 Å². The standard InChI is InChI=1S/C22H23N7.HI/c1-2-23-22(26-14-18-10-11-24-20-9-4-3-8-19(18)20)25-13-16-6-5-7-17(12-16)21-27-15-28-29-21;/h3-12,15H,2,13-14H2,1H3,(H2,23,25,26)(H,27,28,29);1H. The zero-order valence-electron chi connectivity index (χ0n) is 16.7. The van der Waals surface area contributed by atoms with Gasteiger partial charge in [0.2, 0.25) is 0 Å². The van der Waals surface area contributed by atoms with E-state index in [1.165, 1.54) is 11.9 Å². The van der Waals surface area contributed by atoms with E-state index in [0.717, 1.165) is 40.4 Å². The van der Waals surface area contributed by atoms with Crippen molar-refractivity contribution in [3.05, 3.63) is 78.2 Å². The summed E-state index contributed by atoms with van der Waals surface area (Å²) < 4.78 is 0. The molecule has 0 aliphatic rings. The van der Waals surface area contributed by atoms with Crippen LogP contribution < -0.4 is 10.6 Å². The maximum Gasteiger partial charge on any atom is 0.191 e. The molecule has 0 amide bonds. The first-order valence-corrected chi connectivity index (χ1v) is 9.63. The van der Waals surface area contributed by atoms with E-state index in [2.05, 4.69) is 55.9 Å². The number of guanidine groups is 1. The fourth-order valence-electron chi connectivity index (χ4n) is 3.16. The minimum Gasteiger partial charge on any atom is -0.357 e. The van der Waals surface area contributed by atoms with Gasteiger partial charge in [0.05, 0.1) is 12.1 Å². The first-order chi connectivity index (χ1) is 14.3. The van der Waals surface area contributed by atoms with Crippen molar-refractivity contribution in [2.45, 2.75) is 20.0 Å². The van der Waals surface area contributed by atoms with Gasteiger partial charge in [-0.15, -0.1) is 24.0 Å². The number of aromatic amines is 1. The molecule has 0 atom stereocenters. The number of pyridine rings is 1. The summed E-state index contributed by atoms with van der Waals surface area (Å²) in [5, 5.41) is 14.7. The zero-order valence-corrected chi connectivity index (χ0v) is 19.0. The van der Waals surface area contributed by atoms with E-state index in [1.54, 1.807) is 0 Å². The van der Waals surface area contributed by atoms with Crippen molar-refractivity contribution in [1.82, 2.24) is 30.8 Å². The molecule has 2 aromatic carbocycles. The fourth-order valence-corrected chi connectivity index (χ4v) is 3.16. The molecule has 3 N–H and O–H groups in total. The third-order valence-corrected chi connectivity index (χ3v) is 4.57. The summed E-state index contributed by atoms with van der Waals surface area (Å²) in [6.07, 6.45) is 3.36. The van der Waals surface area contributed by atoms with Crippen molar-refractivity contribution in [1.29, 1.82) is 0 Å². The van der Waals surface area contributed by atoms with Crippen LogP contribution in [0.25, 0.3) is 22.3 Å². The number of aliphatic imine (C=N–C) groups is 1. The minimum atomic E-state index is 0. The number of benzene rings is 2. The van der Waals surface area contributed by atoms with Gasteiger partial charge in [-0.1, -0.05) is 36.4 Å². The van der Waals surface area contributed by atoms with Gasteiger partial charge in [-0.3, -0.25) is 10.1 Å². The van der Waals surface area contributed by atoms with Crippen molar-refractivity contribution in [2.24, 2.45) is 4.99 Å². The predicted molar refractivity (Wildman–Crippen MR) is 131 cm³/mol. The van der Waals surface area contributed by atoms with Gasteiger partial charge in [-0.25, -0.2) is 9.98 Å². The van der Waals surface area contributed by atoms with Gasteiger partial charge >= 0.3 is 0 Å². The summed E-state index contributed by atoms with van der Waals surface area (Å²) in [5.41, 5.74) is 4.29. The predicted octanol–water partition coefficient (Wildman–Crippen LogP) is 3.89. The average molecular weight is 513 g/mol. The normalized spacial score (nSPS) is 11.2. The molecule has 4 aromatic rings. The summed E-state index contributed by atoms with van der Waals surface area (Å²) >= 11 is 0. The Balaban J connectivity index is 0.00000256. The number of nitrogens with one attached hydrogen (secondary N) is 3. The number of rotatable bonds is 6. The van der Waals surface area contributed by atoms with E-state index in [9.17, 15) is 0 Å². The van der Waals surface area contributed by atoms with Crippen LogP contribution in [0.3, 0.4) is 0 Å². The Bertz CT molecular complexity index is 1100. The highest BCUT2D eigenvalue weighted by Crippen LogP contribution is 2.17. The Morgan fingerprint density at radius 2 is 1.93 bits per heavy atom. The molecule has 0 bridgehead atoms. The largest absolute Gasteiger partial charge is 0.357 e. The summed E-state index contributed by atoms with van der Waals surface area (Å²) in [6, 6.07) is 18.3. The molecule has 0 aliphatic heterocycles. The van der Waals surface area contributed by atoms with E-state index in [1.807, 2.05) is 42.6 Å². The van der Waals surface area contributed by atoms with Crippen molar-refractivity contribution >= 4 is 40.8 Å². The van der Waals surface area contributed by atoms with Crippen LogP contribution in [0.5, 0.6) is 0 Å². The summed E-state index contributed by atoms with van der Waals surface area (Å²) in [7, 11) is 0. The maximum atomic E-state index is 4.73. The van der Waals surface area contributed by atoms with E-state index >= 15 is 0 Å². The van der Waals surface area contributed by atoms with Crippen LogP contribution in [0.15, 0.2) is 72.1 Å². The highest BCUT2D eigenvalue weighted by atomic mass is 127. The van der Waals surface area contributed by atoms with Gasteiger partial charge < -0.3 is 10.6 Å². The van der Waals surface area contributed by atoms with E-state index in [0.29, 0.717) is 13.1 Å². The second-order valence-electron chi connectivity index (χ2n) is 6.57. The van der Waals surface area contributed by atoms with Crippen LogP contribution in [0.2, 0.25) is 0 Å². The van der Waals surface area contributed by atoms with Crippen LogP contribution >= 0.6 is 24.0 Å². The molecule has 2 aromatic heterocycles. The molecule has 0 saturated carbocycles. The number of fused-ring (bicyclic) bond motifs is 1. The quantitative estimate of drug-likeness (QED) is 0.207. The molecule has 0 radical (unpaired) electrons. The zero-order chi connectivity index (χ0) is 19.9. The van der Waals surface area contributed by atoms with Gasteiger partial charge in [0.1, 0.15) is 6.33 Å². The van der Waals surface area contributed by atoms with Crippen molar-refractivity contribution in [3.63, 3.8) is 0 Å². The second kappa shape index (κ2) is 10.7.